The van der Waals surface area contributed by atoms with Gasteiger partial charge in [-0.05, 0) is 39.5 Å². The normalized spacial score (nSPS) is 18.0. The lowest BCUT2D eigenvalue weighted by Gasteiger charge is -2.38. The van der Waals surface area contributed by atoms with Crippen molar-refractivity contribution in [1.29, 1.82) is 0 Å². The lowest BCUT2D eigenvalue weighted by Crippen LogP contribution is -2.47. The number of halogens is 1. The van der Waals surface area contributed by atoms with Crippen LogP contribution < -0.4 is 4.90 Å². The zero-order chi connectivity index (χ0) is 20.5. The number of rotatable bonds is 4. The molecule has 0 bridgehead atoms. The van der Waals surface area contributed by atoms with Crippen molar-refractivity contribution in [3.63, 3.8) is 0 Å². The molecule has 0 spiro atoms. The van der Waals surface area contributed by atoms with Gasteiger partial charge in [-0.3, -0.25) is 4.79 Å². The number of esters is 1. The monoisotopic (exact) mass is 436 g/mol. The molecule has 1 fully saturated rings. The average Bonchev–Trinajstić information content (AvgIpc) is 3.28. The summed E-state index contributed by atoms with van der Waals surface area (Å²) in [7, 11) is 0. The molecule has 0 saturated carbocycles. The summed E-state index contributed by atoms with van der Waals surface area (Å²) in [5, 5.41) is 1.54. The quantitative estimate of drug-likeness (QED) is 0.740. The Morgan fingerprint density at radius 2 is 2.14 bits per heavy atom. The number of piperidine rings is 1. The van der Waals surface area contributed by atoms with Crippen LogP contribution in [0.25, 0.3) is 0 Å². The van der Waals surface area contributed by atoms with Crippen LogP contribution in [0, 0.1) is 6.92 Å². The standard InChI is InChI=1S/C20H25ClN4O3S/c1-3-28-19(27)15-11-22-20(29-15)24-9-6-13(7-10-24)25-8-4-5-14-16(21)12(2)23-17(14)18(25)26/h11,13,23H,3-10H2,1-2H3. The van der Waals surface area contributed by atoms with E-state index in [1.54, 1.807) is 13.1 Å². The van der Waals surface area contributed by atoms with Crippen LogP contribution in [0.5, 0.6) is 0 Å². The predicted octanol–water partition coefficient (Wildman–Crippen LogP) is 3.67. The average molecular weight is 437 g/mol. The number of aromatic nitrogens is 2. The van der Waals surface area contributed by atoms with Crippen LogP contribution >= 0.6 is 22.9 Å². The van der Waals surface area contributed by atoms with Gasteiger partial charge in [0.25, 0.3) is 5.91 Å². The molecular weight excluding hydrogens is 412 g/mol. The maximum absolute atomic E-state index is 13.2. The maximum Gasteiger partial charge on any atom is 0.350 e. The topological polar surface area (TPSA) is 78.5 Å². The van der Waals surface area contributed by atoms with Crippen molar-refractivity contribution < 1.29 is 14.3 Å². The molecule has 0 radical (unpaired) electrons. The van der Waals surface area contributed by atoms with E-state index < -0.39 is 0 Å². The second-order valence-corrected chi connectivity index (χ2v) is 8.85. The molecule has 4 heterocycles. The van der Waals surface area contributed by atoms with E-state index in [0.29, 0.717) is 22.2 Å². The third kappa shape index (κ3) is 3.88. The second kappa shape index (κ2) is 8.36. The number of ether oxygens (including phenoxy) is 1. The van der Waals surface area contributed by atoms with Crippen LogP contribution in [0.4, 0.5) is 5.13 Å². The molecule has 156 valence electrons. The van der Waals surface area contributed by atoms with Crippen LogP contribution in [-0.2, 0) is 11.2 Å². The minimum Gasteiger partial charge on any atom is -0.462 e. The summed E-state index contributed by atoms with van der Waals surface area (Å²) in [5.41, 5.74) is 2.48. The van der Waals surface area contributed by atoms with Crippen molar-refractivity contribution >= 4 is 39.9 Å². The van der Waals surface area contributed by atoms with Gasteiger partial charge in [0, 0.05) is 36.9 Å². The highest BCUT2D eigenvalue weighted by Gasteiger charge is 2.33. The second-order valence-electron chi connectivity index (χ2n) is 7.47. The summed E-state index contributed by atoms with van der Waals surface area (Å²) in [6.45, 7) is 6.43. The van der Waals surface area contributed by atoms with Gasteiger partial charge in [0.2, 0.25) is 0 Å². The number of H-pyrrole nitrogens is 1. The summed E-state index contributed by atoms with van der Waals surface area (Å²) in [5.74, 6) is -0.262. The summed E-state index contributed by atoms with van der Waals surface area (Å²) in [6.07, 6.45) is 5.09. The van der Waals surface area contributed by atoms with Gasteiger partial charge in [-0.15, -0.1) is 0 Å². The van der Waals surface area contributed by atoms with Gasteiger partial charge >= 0.3 is 5.97 Å². The molecule has 1 amide bonds. The molecular formula is C20H25ClN4O3S. The third-order valence-electron chi connectivity index (χ3n) is 5.65. The largest absolute Gasteiger partial charge is 0.462 e. The zero-order valence-electron chi connectivity index (χ0n) is 16.7. The lowest BCUT2D eigenvalue weighted by molar-refractivity contribution is 0.0531. The number of fused-ring (bicyclic) bond motifs is 1. The number of hydrogen-bond acceptors (Lipinski definition) is 6. The van der Waals surface area contributed by atoms with Crippen molar-refractivity contribution in [2.24, 2.45) is 0 Å². The first kappa shape index (κ1) is 20.2. The number of carbonyl (C=O) groups is 2. The van der Waals surface area contributed by atoms with Gasteiger partial charge in [-0.2, -0.15) is 0 Å². The van der Waals surface area contributed by atoms with E-state index in [1.807, 2.05) is 11.8 Å². The van der Waals surface area contributed by atoms with Crippen molar-refractivity contribution in [1.82, 2.24) is 14.9 Å². The molecule has 0 aliphatic carbocycles. The Bertz CT molecular complexity index is 917. The third-order valence-corrected chi connectivity index (χ3v) is 7.20. The summed E-state index contributed by atoms with van der Waals surface area (Å²) >= 11 is 7.74. The molecule has 0 aromatic carbocycles. The van der Waals surface area contributed by atoms with Crippen molar-refractivity contribution in [3.8, 4) is 0 Å². The minimum absolute atomic E-state index is 0.0600. The molecule has 2 aliphatic rings. The number of anilines is 1. The molecule has 0 atom stereocenters. The Balaban J connectivity index is 1.42. The number of aryl methyl sites for hydroxylation is 1. The predicted molar refractivity (Wildman–Crippen MR) is 113 cm³/mol. The number of thiazole rings is 1. The van der Waals surface area contributed by atoms with Crippen molar-refractivity contribution in [2.75, 3.05) is 31.1 Å². The number of amides is 1. The molecule has 2 aliphatic heterocycles. The number of aromatic amines is 1. The van der Waals surface area contributed by atoms with Crippen molar-refractivity contribution in [2.45, 2.75) is 45.6 Å². The lowest BCUT2D eigenvalue weighted by atomic mass is 10.0. The molecule has 2 aromatic heterocycles. The first-order valence-electron chi connectivity index (χ1n) is 10.1. The van der Waals surface area contributed by atoms with Gasteiger partial charge < -0.3 is 19.5 Å². The van der Waals surface area contributed by atoms with E-state index in [-0.39, 0.29) is 17.9 Å². The van der Waals surface area contributed by atoms with Gasteiger partial charge in [-0.1, -0.05) is 22.9 Å². The smallest absolute Gasteiger partial charge is 0.350 e. The Kier molecular flexibility index (Phi) is 5.83. The van der Waals surface area contributed by atoms with E-state index in [0.717, 1.165) is 61.7 Å². The van der Waals surface area contributed by atoms with Crippen molar-refractivity contribution in [3.05, 3.63) is 33.0 Å². The molecule has 29 heavy (non-hydrogen) atoms. The Morgan fingerprint density at radius 3 is 2.86 bits per heavy atom. The van der Waals surface area contributed by atoms with Crippen LogP contribution in [0.15, 0.2) is 6.20 Å². The fraction of sp³-hybridized carbons (Fsp3) is 0.550. The molecule has 0 unspecified atom stereocenters. The highest BCUT2D eigenvalue weighted by atomic mass is 35.5. The fourth-order valence-electron chi connectivity index (χ4n) is 4.17. The SMILES string of the molecule is CCOC(=O)c1cnc(N2CCC(N3CCCc4c([nH]c(C)c4Cl)C3=O)CC2)s1. The van der Waals surface area contributed by atoms with E-state index in [4.69, 9.17) is 16.3 Å². The highest BCUT2D eigenvalue weighted by molar-refractivity contribution is 7.17. The van der Waals surface area contributed by atoms with Gasteiger partial charge in [-0.25, -0.2) is 9.78 Å². The van der Waals surface area contributed by atoms with Gasteiger partial charge in [0.15, 0.2) is 5.13 Å². The zero-order valence-corrected chi connectivity index (χ0v) is 18.2. The maximum atomic E-state index is 13.2. The summed E-state index contributed by atoms with van der Waals surface area (Å²) in [4.78, 5) is 37.3. The first-order chi connectivity index (χ1) is 14.0. The van der Waals surface area contributed by atoms with E-state index in [1.165, 1.54) is 11.3 Å². The molecule has 4 rings (SSSR count). The first-order valence-corrected chi connectivity index (χ1v) is 11.2. The van der Waals surface area contributed by atoms with Crippen LogP contribution in [-0.4, -0.2) is 59.0 Å². The van der Waals surface area contributed by atoms with Gasteiger partial charge in [0.05, 0.1) is 17.8 Å². The van der Waals surface area contributed by atoms with E-state index >= 15 is 0 Å². The molecule has 1 saturated heterocycles. The van der Waals surface area contributed by atoms with Crippen LogP contribution in [0.2, 0.25) is 5.02 Å². The molecule has 9 heteroatoms. The summed E-state index contributed by atoms with van der Waals surface area (Å²) in [6, 6.07) is 0.205. The minimum atomic E-state index is -0.322. The Morgan fingerprint density at radius 1 is 1.38 bits per heavy atom. The number of nitrogens with one attached hydrogen (secondary N) is 1. The number of hydrogen-bond donors (Lipinski definition) is 1. The fourth-order valence-corrected chi connectivity index (χ4v) is 5.27. The number of nitrogens with zero attached hydrogens (tertiary/aromatic N) is 3. The van der Waals surface area contributed by atoms with Crippen LogP contribution in [0.3, 0.4) is 0 Å². The van der Waals surface area contributed by atoms with E-state index in [9.17, 15) is 9.59 Å². The summed E-state index contributed by atoms with van der Waals surface area (Å²) < 4.78 is 5.04. The molecule has 7 nitrogen and oxygen atoms in total. The molecule has 2 aromatic rings. The Labute approximate surface area is 179 Å². The number of carbonyl (C=O) groups excluding carboxylic acids is 2. The van der Waals surface area contributed by atoms with Gasteiger partial charge in [0.1, 0.15) is 10.6 Å². The molecule has 1 N–H and O–H groups in total. The van der Waals surface area contributed by atoms with Crippen LogP contribution in [0.1, 0.15) is 57.6 Å². The van der Waals surface area contributed by atoms with E-state index in [2.05, 4.69) is 14.9 Å². The Hall–Kier alpha value is -2.06. The highest BCUT2D eigenvalue weighted by Crippen LogP contribution is 2.32.